The first kappa shape index (κ1) is 25.9. The minimum absolute atomic E-state index is 0.145. The van der Waals surface area contributed by atoms with Crippen LogP contribution in [-0.2, 0) is 32.4 Å². The minimum atomic E-state index is -3.63. The fourth-order valence-corrected chi connectivity index (χ4v) is 6.19. The van der Waals surface area contributed by atoms with Crippen molar-refractivity contribution < 1.29 is 22.7 Å². The number of ether oxygens (including phenoxy) is 1. The molecule has 0 spiro atoms. The highest BCUT2D eigenvalue weighted by Gasteiger charge is 2.31. The van der Waals surface area contributed by atoms with E-state index in [0.717, 1.165) is 36.1 Å². The molecule has 0 aromatic heterocycles. The summed E-state index contributed by atoms with van der Waals surface area (Å²) in [6.07, 6.45) is 2.55. The molecule has 1 heterocycles. The molecule has 2 aromatic rings. The smallest absolute Gasteiger partial charge is 0.338 e. The number of esters is 1. The summed E-state index contributed by atoms with van der Waals surface area (Å²) in [5, 5.41) is 2.86. The Morgan fingerprint density at radius 3 is 2.06 bits per heavy atom. The maximum atomic E-state index is 13.0. The van der Waals surface area contributed by atoms with Crippen molar-refractivity contribution in [2.45, 2.75) is 51.9 Å². The first-order chi connectivity index (χ1) is 16.1. The van der Waals surface area contributed by atoms with Crippen LogP contribution in [0.25, 0.3) is 0 Å². The van der Waals surface area contributed by atoms with Gasteiger partial charge >= 0.3 is 5.97 Å². The van der Waals surface area contributed by atoms with Crippen molar-refractivity contribution in [1.82, 2.24) is 4.31 Å². The normalized spacial score (nSPS) is 18.9. The molecule has 184 valence electrons. The second-order valence-corrected chi connectivity index (χ2v) is 11.0. The first-order valence-corrected chi connectivity index (χ1v) is 13.3. The third kappa shape index (κ3) is 6.04. The maximum Gasteiger partial charge on any atom is 0.338 e. The topological polar surface area (TPSA) is 92.8 Å². The lowest BCUT2D eigenvalue weighted by Crippen LogP contribution is -2.42. The van der Waals surface area contributed by atoms with E-state index in [4.69, 9.17) is 4.74 Å². The van der Waals surface area contributed by atoms with Gasteiger partial charge in [0.15, 0.2) is 6.61 Å². The predicted octanol–water partition coefficient (Wildman–Crippen LogP) is 4.27. The molecule has 34 heavy (non-hydrogen) atoms. The highest BCUT2D eigenvalue weighted by atomic mass is 32.2. The van der Waals surface area contributed by atoms with E-state index in [1.54, 1.807) is 0 Å². The van der Waals surface area contributed by atoms with Crippen LogP contribution >= 0.6 is 0 Å². The number of anilines is 1. The SMILES string of the molecule is CCc1cccc(CC)c1NC(=O)COC(=O)c1ccc(S(=O)(=O)N2CC(C)CC(C)C2)cc1. The Balaban J connectivity index is 1.62. The summed E-state index contributed by atoms with van der Waals surface area (Å²) in [7, 11) is -3.63. The van der Waals surface area contributed by atoms with E-state index in [-0.39, 0.29) is 10.5 Å². The quantitative estimate of drug-likeness (QED) is 0.563. The molecular weight excluding hydrogens is 452 g/mol. The molecule has 8 heteroatoms. The van der Waals surface area contributed by atoms with Gasteiger partial charge in [0.05, 0.1) is 10.5 Å². The molecule has 1 amide bonds. The molecule has 2 aromatic carbocycles. The van der Waals surface area contributed by atoms with E-state index in [1.807, 2.05) is 32.0 Å². The third-order valence-electron chi connectivity index (χ3n) is 6.16. The van der Waals surface area contributed by atoms with Crippen molar-refractivity contribution in [3.8, 4) is 0 Å². The fourth-order valence-electron chi connectivity index (χ4n) is 4.51. The van der Waals surface area contributed by atoms with E-state index in [0.29, 0.717) is 24.9 Å². The zero-order chi connectivity index (χ0) is 24.9. The van der Waals surface area contributed by atoms with Gasteiger partial charge < -0.3 is 10.1 Å². The summed E-state index contributed by atoms with van der Waals surface area (Å²) in [6, 6.07) is 11.6. The lowest BCUT2D eigenvalue weighted by atomic mass is 9.94. The zero-order valence-electron chi connectivity index (χ0n) is 20.3. The molecule has 1 aliphatic rings. The average molecular weight is 487 g/mol. The second-order valence-electron chi connectivity index (χ2n) is 9.08. The van der Waals surface area contributed by atoms with Gasteiger partial charge in [-0.05, 0) is 66.5 Å². The zero-order valence-corrected chi connectivity index (χ0v) is 21.2. The standard InChI is InChI=1S/C26H34N2O5S/c1-5-20-8-7-9-21(6-2)25(20)27-24(29)17-33-26(30)22-10-12-23(13-11-22)34(31,32)28-15-18(3)14-19(4)16-28/h7-13,18-19H,5-6,14-17H2,1-4H3,(H,27,29). The summed E-state index contributed by atoms with van der Waals surface area (Å²) < 4.78 is 32.7. The molecule has 2 unspecified atom stereocenters. The molecule has 0 radical (unpaired) electrons. The van der Waals surface area contributed by atoms with Crippen molar-refractivity contribution in [3.05, 3.63) is 59.2 Å². The van der Waals surface area contributed by atoms with Gasteiger partial charge in [0, 0.05) is 18.8 Å². The van der Waals surface area contributed by atoms with Crippen molar-refractivity contribution in [1.29, 1.82) is 0 Å². The number of para-hydroxylation sites is 1. The highest BCUT2D eigenvalue weighted by Crippen LogP contribution is 2.27. The van der Waals surface area contributed by atoms with Crippen LogP contribution in [-0.4, -0.2) is 44.3 Å². The molecule has 1 fully saturated rings. The van der Waals surface area contributed by atoms with Crippen LogP contribution in [0, 0.1) is 11.8 Å². The number of rotatable bonds is 8. The molecule has 0 aliphatic carbocycles. The van der Waals surface area contributed by atoms with Crippen molar-refractivity contribution in [2.75, 3.05) is 25.0 Å². The molecule has 1 aliphatic heterocycles. The van der Waals surface area contributed by atoms with E-state index < -0.39 is 28.5 Å². The number of amides is 1. The number of benzene rings is 2. The lowest BCUT2D eigenvalue weighted by molar-refractivity contribution is -0.119. The van der Waals surface area contributed by atoms with Crippen LogP contribution in [0.2, 0.25) is 0 Å². The number of hydrogen-bond acceptors (Lipinski definition) is 5. The Hall–Kier alpha value is -2.71. The van der Waals surface area contributed by atoms with Crippen molar-refractivity contribution in [2.24, 2.45) is 11.8 Å². The van der Waals surface area contributed by atoms with Crippen LogP contribution in [0.3, 0.4) is 0 Å². The fraction of sp³-hybridized carbons (Fsp3) is 0.462. The van der Waals surface area contributed by atoms with Gasteiger partial charge in [0.1, 0.15) is 0 Å². The van der Waals surface area contributed by atoms with Gasteiger partial charge in [0.25, 0.3) is 5.91 Å². The number of carbonyl (C=O) groups excluding carboxylic acids is 2. The molecule has 1 saturated heterocycles. The number of nitrogens with one attached hydrogen (secondary N) is 1. The summed E-state index contributed by atoms with van der Waals surface area (Å²) in [4.78, 5) is 25.0. The molecular formula is C26H34N2O5S. The number of carbonyl (C=O) groups is 2. The monoisotopic (exact) mass is 486 g/mol. The Morgan fingerprint density at radius 1 is 0.971 bits per heavy atom. The Labute approximate surface area is 202 Å². The number of nitrogens with zero attached hydrogens (tertiary/aromatic N) is 1. The third-order valence-corrected chi connectivity index (χ3v) is 8.01. The van der Waals surface area contributed by atoms with E-state index >= 15 is 0 Å². The predicted molar refractivity (Wildman–Crippen MR) is 132 cm³/mol. The van der Waals surface area contributed by atoms with E-state index in [9.17, 15) is 18.0 Å². The Morgan fingerprint density at radius 2 is 1.53 bits per heavy atom. The van der Waals surface area contributed by atoms with Gasteiger partial charge in [-0.15, -0.1) is 0 Å². The molecule has 1 N–H and O–H groups in total. The second kappa shape index (κ2) is 11.1. The van der Waals surface area contributed by atoms with Crippen LogP contribution in [0.15, 0.2) is 47.4 Å². The van der Waals surface area contributed by atoms with E-state index in [2.05, 4.69) is 19.2 Å². The van der Waals surface area contributed by atoms with Gasteiger partial charge in [-0.3, -0.25) is 4.79 Å². The molecule has 2 atom stereocenters. The van der Waals surface area contributed by atoms with Crippen molar-refractivity contribution in [3.63, 3.8) is 0 Å². The van der Waals surface area contributed by atoms with Crippen LogP contribution in [0.1, 0.15) is 55.6 Å². The number of piperidine rings is 1. The Bertz CT molecular complexity index is 1100. The largest absolute Gasteiger partial charge is 0.452 e. The van der Waals surface area contributed by atoms with Gasteiger partial charge in [-0.2, -0.15) is 4.31 Å². The summed E-state index contributed by atoms with van der Waals surface area (Å²) in [6.45, 7) is 8.69. The highest BCUT2D eigenvalue weighted by molar-refractivity contribution is 7.89. The number of hydrogen-bond donors (Lipinski definition) is 1. The average Bonchev–Trinajstić information content (AvgIpc) is 2.82. The minimum Gasteiger partial charge on any atom is -0.452 e. The van der Waals surface area contributed by atoms with Crippen LogP contribution in [0.4, 0.5) is 5.69 Å². The maximum absolute atomic E-state index is 13.0. The molecule has 0 bridgehead atoms. The van der Waals surface area contributed by atoms with Crippen LogP contribution < -0.4 is 5.32 Å². The molecule has 3 rings (SSSR count). The van der Waals surface area contributed by atoms with Gasteiger partial charge in [-0.25, -0.2) is 13.2 Å². The number of sulfonamides is 1. The number of aryl methyl sites for hydroxylation is 2. The van der Waals surface area contributed by atoms with E-state index in [1.165, 1.54) is 28.6 Å². The summed E-state index contributed by atoms with van der Waals surface area (Å²) in [5.74, 6) is -0.497. The van der Waals surface area contributed by atoms with Crippen LogP contribution in [0.5, 0.6) is 0 Å². The van der Waals surface area contributed by atoms with Gasteiger partial charge in [-0.1, -0.05) is 45.9 Å². The first-order valence-electron chi connectivity index (χ1n) is 11.8. The van der Waals surface area contributed by atoms with Crippen molar-refractivity contribution >= 4 is 27.6 Å². The van der Waals surface area contributed by atoms with Gasteiger partial charge in [0.2, 0.25) is 10.0 Å². The Kier molecular flexibility index (Phi) is 8.49. The molecule has 0 saturated carbocycles. The lowest BCUT2D eigenvalue weighted by Gasteiger charge is -2.34. The summed E-state index contributed by atoms with van der Waals surface area (Å²) >= 11 is 0. The summed E-state index contributed by atoms with van der Waals surface area (Å²) in [5.41, 5.74) is 3.00. The molecule has 7 nitrogen and oxygen atoms in total.